The van der Waals surface area contributed by atoms with E-state index >= 15 is 4.39 Å². The Balaban J connectivity index is 1.10. The molecule has 1 aliphatic heterocycles. The van der Waals surface area contributed by atoms with Gasteiger partial charge in [0.25, 0.3) is 0 Å². The van der Waals surface area contributed by atoms with Crippen molar-refractivity contribution in [2.24, 2.45) is 0 Å². The summed E-state index contributed by atoms with van der Waals surface area (Å²) in [5.41, 5.74) is 4.11. The maximum absolute atomic E-state index is 15.9. The van der Waals surface area contributed by atoms with Crippen molar-refractivity contribution in [3.8, 4) is 11.3 Å². The van der Waals surface area contributed by atoms with Gasteiger partial charge in [0, 0.05) is 40.9 Å². The molecule has 11 heteroatoms. The minimum absolute atomic E-state index is 0.0672. The number of likely N-dealkylation sites (tertiary alicyclic amines) is 1. The Morgan fingerprint density at radius 3 is 2.26 bits per heavy atom. The molecular weight excluding hydrogens is 684 g/mol. The molecule has 1 saturated heterocycles. The summed E-state index contributed by atoms with van der Waals surface area (Å²) in [7, 11) is 3.70. The molecule has 1 aromatic heterocycles. The maximum atomic E-state index is 15.9. The van der Waals surface area contributed by atoms with E-state index in [9.17, 15) is 19.2 Å². The predicted octanol–water partition coefficient (Wildman–Crippen LogP) is 7.02. The van der Waals surface area contributed by atoms with E-state index in [0.717, 1.165) is 24.0 Å². The van der Waals surface area contributed by atoms with Crippen molar-refractivity contribution in [2.45, 2.75) is 51.1 Å². The highest BCUT2D eigenvalue weighted by atomic mass is 19.1. The molecule has 0 radical (unpaired) electrons. The van der Waals surface area contributed by atoms with Crippen LogP contribution in [-0.2, 0) is 25.6 Å². The number of rotatable bonds is 14. The van der Waals surface area contributed by atoms with Gasteiger partial charge >= 0.3 is 0 Å². The van der Waals surface area contributed by atoms with Crippen molar-refractivity contribution in [3.63, 3.8) is 0 Å². The second kappa shape index (κ2) is 17.3. The number of hydrogen-bond donors (Lipinski definition) is 3. The highest BCUT2D eigenvalue weighted by molar-refractivity contribution is 6.00. The summed E-state index contributed by atoms with van der Waals surface area (Å²) in [6, 6.07) is 29.7. The molecule has 1 fully saturated rings. The van der Waals surface area contributed by atoms with Gasteiger partial charge in [-0.1, -0.05) is 86.1 Å². The number of carbonyl (C=O) groups excluding carboxylic acids is 4. The minimum atomic E-state index is -0.640. The topological polar surface area (TPSA) is 118 Å². The summed E-state index contributed by atoms with van der Waals surface area (Å²) in [6.07, 6.45) is 3.16. The van der Waals surface area contributed by atoms with Crippen LogP contribution in [0, 0.1) is 5.82 Å². The van der Waals surface area contributed by atoms with Gasteiger partial charge in [0.1, 0.15) is 12.1 Å². The second-order valence-electron chi connectivity index (χ2n) is 14.0. The van der Waals surface area contributed by atoms with E-state index in [1.807, 2.05) is 86.6 Å². The molecule has 0 bridgehead atoms. The third-order valence-electron chi connectivity index (χ3n) is 9.83. The number of carbonyl (C=O) groups is 4. The Kier molecular flexibility index (Phi) is 12.2. The number of unbranched alkanes of at least 4 members (excludes halogenated alkanes) is 1. The number of nitrogens with zero attached hydrogens (tertiary/aromatic N) is 3. The molecule has 0 aliphatic carbocycles. The van der Waals surface area contributed by atoms with Crippen LogP contribution in [0.5, 0.6) is 0 Å². The third-order valence-corrected chi connectivity index (χ3v) is 9.83. The van der Waals surface area contributed by atoms with Crippen LogP contribution in [0.1, 0.15) is 49.8 Å². The highest BCUT2D eigenvalue weighted by Gasteiger charge is 2.38. The Morgan fingerprint density at radius 1 is 0.889 bits per heavy atom. The van der Waals surface area contributed by atoms with Gasteiger partial charge in [-0.2, -0.15) is 0 Å². The van der Waals surface area contributed by atoms with E-state index in [-0.39, 0.29) is 42.3 Å². The summed E-state index contributed by atoms with van der Waals surface area (Å²) in [6.45, 7) is 2.95. The number of amides is 4. The van der Waals surface area contributed by atoms with Crippen molar-refractivity contribution in [3.05, 3.63) is 120 Å². The fraction of sp³-hybridized carbons (Fsp3) is 0.302. The second-order valence-corrected chi connectivity index (χ2v) is 14.0. The average Bonchev–Trinajstić information content (AvgIpc) is 3.79. The van der Waals surface area contributed by atoms with Crippen LogP contribution in [0.3, 0.4) is 0 Å². The molecule has 5 aromatic rings. The molecule has 1 aliphatic rings. The van der Waals surface area contributed by atoms with Gasteiger partial charge in [0.2, 0.25) is 23.6 Å². The van der Waals surface area contributed by atoms with E-state index in [1.54, 1.807) is 52.3 Å². The van der Waals surface area contributed by atoms with Gasteiger partial charge in [-0.05, 0) is 74.8 Å². The largest absolute Gasteiger partial charge is 0.352 e. The van der Waals surface area contributed by atoms with Crippen molar-refractivity contribution >= 4 is 45.9 Å². The van der Waals surface area contributed by atoms with Gasteiger partial charge in [-0.25, -0.2) is 4.39 Å². The number of hydrogen-bond acceptors (Lipinski definition) is 5. The summed E-state index contributed by atoms with van der Waals surface area (Å²) < 4.78 is 15.9. The van der Waals surface area contributed by atoms with E-state index in [1.165, 1.54) is 0 Å². The third kappa shape index (κ3) is 8.86. The molecule has 10 nitrogen and oxygen atoms in total. The first-order valence-corrected chi connectivity index (χ1v) is 18.5. The maximum Gasteiger partial charge on any atom is 0.247 e. The van der Waals surface area contributed by atoms with Crippen molar-refractivity contribution in [1.29, 1.82) is 0 Å². The molecule has 54 heavy (non-hydrogen) atoms. The number of H-pyrrole nitrogens is 1. The van der Waals surface area contributed by atoms with E-state index in [2.05, 4.69) is 15.6 Å². The summed E-state index contributed by atoms with van der Waals surface area (Å²) in [5, 5.41) is 6.09. The van der Waals surface area contributed by atoms with Crippen LogP contribution < -0.4 is 10.6 Å². The van der Waals surface area contributed by atoms with E-state index in [0.29, 0.717) is 53.8 Å². The molecule has 0 spiro atoms. The molecule has 2 heterocycles. The quantitative estimate of drug-likeness (QED) is 0.114. The summed E-state index contributed by atoms with van der Waals surface area (Å²) in [4.78, 5) is 61.6. The number of aromatic amines is 1. The van der Waals surface area contributed by atoms with Crippen molar-refractivity contribution in [1.82, 2.24) is 19.7 Å². The lowest BCUT2D eigenvalue weighted by Crippen LogP contribution is -2.47. The standard InChI is InChI=1S/C43H47FN6O4/c1-4-5-24-49(38(52)26-29-13-8-6-9-14-29)28-37(51)45-32-20-18-30(19-21-32)40-39(44)34-27-33(22-23-35(34)47-40)46-42(53)36-17-12-25-50(36)43(54)41(48(2)3)31-15-10-7-11-16-31/h6-11,13-16,18-23,27,36,41,47H,4-5,12,17,24-26,28H2,1-3H3,(H,45,51)(H,46,53)/t36-,41+/m0/s1. The molecule has 0 unspecified atom stereocenters. The number of anilines is 2. The smallest absolute Gasteiger partial charge is 0.247 e. The predicted molar refractivity (Wildman–Crippen MR) is 210 cm³/mol. The molecule has 3 N–H and O–H groups in total. The number of aromatic nitrogens is 1. The number of likely N-dealkylation sites (N-methyl/N-ethyl adjacent to an activating group) is 1. The first kappa shape index (κ1) is 37.9. The molecule has 2 atom stereocenters. The van der Waals surface area contributed by atoms with E-state index < -0.39 is 17.9 Å². The van der Waals surface area contributed by atoms with Crippen molar-refractivity contribution < 1.29 is 23.6 Å². The van der Waals surface area contributed by atoms with Crippen LogP contribution in [0.25, 0.3) is 22.2 Å². The number of nitrogens with one attached hydrogen (secondary N) is 3. The van der Waals surface area contributed by atoms with Crippen LogP contribution >= 0.6 is 0 Å². The highest BCUT2D eigenvalue weighted by Crippen LogP contribution is 2.32. The Labute approximate surface area is 315 Å². The zero-order chi connectivity index (χ0) is 38.2. The molecule has 6 rings (SSSR count). The van der Waals surface area contributed by atoms with Crippen molar-refractivity contribution in [2.75, 3.05) is 44.4 Å². The van der Waals surface area contributed by atoms with Gasteiger partial charge in [0.05, 0.1) is 18.7 Å². The fourth-order valence-corrected chi connectivity index (χ4v) is 7.04. The lowest BCUT2D eigenvalue weighted by Gasteiger charge is -2.31. The summed E-state index contributed by atoms with van der Waals surface area (Å²) in [5.74, 6) is -1.34. The molecule has 4 aromatic carbocycles. The SMILES string of the molecule is CCCCN(CC(=O)Nc1ccc(-c2[nH]c3ccc(NC(=O)[C@@H]4CCCN4C(=O)[C@@H](c4ccccc4)N(C)C)cc3c2F)cc1)C(=O)Cc1ccccc1. The number of benzene rings is 4. The van der Waals surface area contributed by atoms with Gasteiger partial charge < -0.3 is 25.4 Å². The zero-order valence-electron chi connectivity index (χ0n) is 31.0. The minimum Gasteiger partial charge on any atom is -0.352 e. The first-order valence-electron chi connectivity index (χ1n) is 18.5. The Hall–Kier alpha value is -5.81. The van der Waals surface area contributed by atoms with Gasteiger partial charge in [-0.15, -0.1) is 0 Å². The van der Waals surface area contributed by atoms with Crippen LogP contribution in [0.2, 0.25) is 0 Å². The van der Waals surface area contributed by atoms with E-state index in [4.69, 9.17) is 0 Å². The number of halogens is 1. The van der Waals surface area contributed by atoms with Gasteiger partial charge in [0.15, 0.2) is 5.82 Å². The normalized spacial score (nSPS) is 14.6. The molecule has 4 amide bonds. The lowest BCUT2D eigenvalue weighted by molar-refractivity contribution is -0.140. The van der Waals surface area contributed by atoms with Crippen LogP contribution in [0.15, 0.2) is 103 Å². The summed E-state index contributed by atoms with van der Waals surface area (Å²) >= 11 is 0. The van der Waals surface area contributed by atoms with Crippen LogP contribution in [-0.4, -0.2) is 83.1 Å². The molecular formula is C43H47FN6O4. The zero-order valence-corrected chi connectivity index (χ0v) is 31.0. The average molecular weight is 731 g/mol. The Morgan fingerprint density at radius 2 is 1.57 bits per heavy atom. The monoisotopic (exact) mass is 730 g/mol. The molecule has 0 saturated carbocycles. The fourth-order valence-electron chi connectivity index (χ4n) is 7.04. The molecule has 280 valence electrons. The first-order chi connectivity index (χ1) is 26.1. The van der Waals surface area contributed by atoms with Crippen LogP contribution in [0.4, 0.5) is 15.8 Å². The number of fused-ring (bicyclic) bond motifs is 1. The lowest BCUT2D eigenvalue weighted by atomic mass is 10.0. The van der Waals surface area contributed by atoms with Gasteiger partial charge in [-0.3, -0.25) is 24.1 Å². The Bertz CT molecular complexity index is 2080.